The molecule has 1 aromatic carbocycles. The fourth-order valence-corrected chi connectivity index (χ4v) is 2.48. The molecule has 0 bridgehead atoms. The SMILES string of the molecule is Cc1cc2[nH]c(-c3cncn3C)cc(=O)c2cc1/C=C/C#N. The van der Waals surface area contributed by atoms with Gasteiger partial charge in [-0.15, -0.1) is 0 Å². The minimum absolute atomic E-state index is 0.0587. The molecule has 0 spiro atoms. The van der Waals surface area contributed by atoms with Gasteiger partial charge in [0.25, 0.3) is 0 Å². The van der Waals surface area contributed by atoms with Crippen LogP contribution in [-0.4, -0.2) is 14.5 Å². The highest BCUT2D eigenvalue weighted by Gasteiger charge is 2.08. The van der Waals surface area contributed by atoms with Crippen LogP contribution in [0.2, 0.25) is 0 Å². The maximum Gasteiger partial charge on any atom is 0.190 e. The lowest BCUT2D eigenvalue weighted by atomic mass is 10.0. The van der Waals surface area contributed by atoms with Crippen LogP contribution in [0.3, 0.4) is 0 Å². The van der Waals surface area contributed by atoms with Gasteiger partial charge in [0.05, 0.1) is 35.5 Å². The third kappa shape index (κ3) is 2.31. The van der Waals surface area contributed by atoms with Crippen molar-refractivity contribution in [3.05, 3.63) is 58.1 Å². The van der Waals surface area contributed by atoms with Gasteiger partial charge in [0.2, 0.25) is 0 Å². The lowest BCUT2D eigenvalue weighted by Gasteiger charge is -2.08. The van der Waals surface area contributed by atoms with Gasteiger partial charge in [0, 0.05) is 24.6 Å². The van der Waals surface area contributed by atoms with E-state index in [4.69, 9.17) is 5.26 Å². The largest absolute Gasteiger partial charge is 0.353 e. The summed E-state index contributed by atoms with van der Waals surface area (Å²) in [5.74, 6) is 0. The quantitative estimate of drug-likeness (QED) is 0.737. The summed E-state index contributed by atoms with van der Waals surface area (Å²) in [5.41, 5.74) is 4.17. The van der Waals surface area contributed by atoms with Crippen molar-refractivity contribution in [2.75, 3.05) is 0 Å². The highest BCUT2D eigenvalue weighted by Crippen LogP contribution is 2.21. The number of aromatic amines is 1. The number of fused-ring (bicyclic) bond motifs is 1. The monoisotopic (exact) mass is 290 g/mol. The van der Waals surface area contributed by atoms with E-state index in [2.05, 4.69) is 9.97 Å². The van der Waals surface area contributed by atoms with Gasteiger partial charge in [-0.2, -0.15) is 5.26 Å². The summed E-state index contributed by atoms with van der Waals surface area (Å²) in [6.07, 6.45) is 6.53. The standard InChI is InChI=1S/C17H14N4O/c1-11-6-14-13(7-12(11)4-3-5-18)17(22)8-15(20-14)16-9-19-10-21(16)2/h3-4,6-10H,1-2H3,(H,20,22)/b4-3+. The van der Waals surface area contributed by atoms with E-state index in [-0.39, 0.29) is 5.43 Å². The van der Waals surface area contributed by atoms with Crippen molar-refractivity contribution < 1.29 is 0 Å². The lowest BCUT2D eigenvalue weighted by Crippen LogP contribution is -2.05. The molecule has 3 aromatic rings. The molecule has 2 heterocycles. The van der Waals surface area contributed by atoms with Gasteiger partial charge in [0.1, 0.15) is 0 Å². The summed E-state index contributed by atoms with van der Waals surface area (Å²) in [4.78, 5) is 19.8. The van der Waals surface area contributed by atoms with Gasteiger partial charge < -0.3 is 9.55 Å². The normalized spacial score (nSPS) is 11.1. The minimum Gasteiger partial charge on any atom is -0.353 e. The molecule has 22 heavy (non-hydrogen) atoms. The molecule has 3 rings (SSSR count). The number of rotatable bonds is 2. The van der Waals surface area contributed by atoms with Crippen molar-refractivity contribution in [1.29, 1.82) is 5.26 Å². The number of nitrogens with zero attached hydrogens (tertiary/aromatic N) is 3. The zero-order chi connectivity index (χ0) is 15.7. The van der Waals surface area contributed by atoms with Crippen LogP contribution in [0.1, 0.15) is 11.1 Å². The number of nitrogens with one attached hydrogen (secondary N) is 1. The Labute approximate surface area is 127 Å². The zero-order valence-electron chi connectivity index (χ0n) is 12.3. The van der Waals surface area contributed by atoms with Gasteiger partial charge in [-0.25, -0.2) is 4.98 Å². The van der Waals surface area contributed by atoms with Crippen LogP contribution >= 0.6 is 0 Å². The number of nitriles is 1. The van der Waals surface area contributed by atoms with E-state index < -0.39 is 0 Å². The molecule has 1 N–H and O–H groups in total. The van der Waals surface area contributed by atoms with Crippen LogP contribution in [0, 0.1) is 18.3 Å². The number of imidazole rings is 1. The van der Waals surface area contributed by atoms with E-state index in [9.17, 15) is 4.79 Å². The number of benzene rings is 1. The smallest absolute Gasteiger partial charge is 0.190 e. The highest BCUT2D eigenvalue weighted by atomic mass is 16.1. The topological polar surface area (TPSA) is 74.5 Å². The summed E-state index contributed by atoms with van der Waals surface area (Å²) < 4.78 is 1.86. The molecule has 0 saturated carbocycles. The zero-order valence-corrected chi connectivity index (χ0v) is 12.3. The molecule has 0 amide bonds. The minimum atomic E-state index is -0.0587. The molecule has 0 aliphatic carbocycles. The second-order valence-corrected chi connectivity index (χ2v) is 5.15. The number of aryl methyl sites for hydroxylation is 2. The Morgan fingerprint density at radius 3 is 2.86 bits per heavy atom. The molecule has 0 unspecified atom stereocenters. The van der Waals surface area contributed by atoms with Crippen molar-refractivity contribution >= 4 is 17.0 Å². The Bertz CT molecular complexity index is 986. The first-order valence-corrected chi connectivity index (χ1v) is 6.80. The average Bonchev–Trinajstić information content (AvgIpc) is 2.91. The number of hydrogen-bond donors (Lipinski definition) is 1. The molecule has 5 nitrogen and oxygen atoms in total. The maximum absolute atomic E-state index is 12.4. The van der Waals surface area contributed by atoms with E-state index in [0.29, 0.717) is 5.39 Å². The molecular formula is C17H14N4O. The third-order valence-electron chi connectivity index (χ3n) is 3.65. The Morgan fingerprint density at radius 1 is 1.36 bits per heavy atom. The lowest BCUT2D eigenvalue weighted by molar-refractivity contribution is 0.917. The Balaban J connectivity index is 2.24. The first-order valence-electron chi connectivity index (χ1n) is 6.80. The van der Waals surface area contributed by atoms with Gasteiger partial charge in [0.15, 0.2) is 5.43 Å². The molecule has 0 saturated heterocycles. The molecular weight excluding hydrogens is 276 g/mol. The molecule has 5 heteroatoms. The van der Waals surface area contributed by atoms with E-state index in [1.54, 1.807) is 24.7 Å². The summed E-state index contributed by atoms with van der Waals surface area (Å²) in [6.45, 7) is 1.95. The van der Waals surface area contributed by atoms with Crippen molar-refractivity contribution in [3.63, 3.8) is 0 Å². The molecule has 0 atom stereocenters. The summed E-state index contributed by atoms with van der Waals surface area (Å²) in [6, 6.07) is 7.27. The average molecular weight is 290 g/mol. The molecule has 2 aromatic heterocycles. The van der Waals surface area contributed by atoms with Crippen LogP contribution in [0.5, 0.6) is 0 Å². The van der Waals surface area contributed by atoms with Gasteiger partial charge in [-0.3, -0.25) is 4.79 Å². The number of H-pyrrole nitrogens is 1. The second kappa shape index (κ2) is 5.34. The molecule has 0 radical (unpaired) electrons. The first-order chi connectivity index (χ1) is 10.6. The van der Waals surface area contributed by atoms with Crippen molar-refractivity contribution in [2.24, 2.45) is 7.05 Å². The van der Waals surface area contributed by atoms with E-state index in [0.717, 1.165) is 28.0 Å². The number of aromatic nitrogens is 3. The number of allylic oxidation sites excluding steroid dienone is 1. The van der Waals surface area contributed by atoms with Crippen LogP contribution in [-0.2, 0) is 7.05 Å². The Kier molecular flexibility index (Phi) is 3.36. The predicted molar refractivity (Wildman–Crippen MR) is 86.2 cm³/mol. The van der Waals surface area contributed by atoms with Gasteiger partial charge >= 0.3 is 0 Å². The summed E-state index contributed by atoms with van der Waals surface area (Å²) >= 11 is 0. The first kappa shape index (κ1) is 13.8. The van der Waals surface area contributed by atoms with Crippen LogP contribution in [0.4, 0.5) is 0 Å². The Morgan fingerprint density at radius 2 is 2.18 bits per heavy atom. The van der Waals surface area contributed by atoms with E-state index in [1.807, 2.05) is 36.7 Å². The molecule has 108 valence electrons. The molecule has 0 fully saturated rings. The Hall–Kier alpha value is -3.13. The van der Waals surface area contributed by atoms with Crippen LogP contribution in [0.25, 0.3) is 28.4 Å². The van der Waals surface area contributed by atoms with Crippen molar-refractivity contribution in [2.45, 2.75) is 6.92 Å². The van der Waals surface area contributed by atoms with Crippen molar-refractivity contribution in [1.82, 2.24) is 14.5 Å². The van der Waals surface area contributed by atoms with Crippen LogP contribution < -0.4 is 5.43 Å². The van der Waals surface area contributed by atoms with Gasteiger partial charge in [-0.05, 0) is 36.3 Å². The summed E-state index contributed by atoms with van der Waals surface area (Å²) in [5, 5.41) is 9.25. The maximum atomic E-state index is 12.4. The highest BCUT2D eigenvalue weighted by molar-refractivity contribution is 5.84. The van der Waals surface area contributed by atoms with Crippen LogP contribution in [0.15, 0.2) is 41.6 Å². The molecule has 0 aliphatic rings. The molecule has 0 aliphatic heterocycles. The third-order valence-corrected chi connectivity index (χ3v) is 3.65. The van der Waals surface area contributed by atoms with E-state index >= 15 is 0 Å². The second-order valence-electron chi connectivity index (χ2n) is 5.15. The van der Waals surface area contributed by atoms with Crippen molar-refractivity contribution in [3.8, 4) is 17.5 Å². The van der Waals surface area contributed by atoms with Gasteiger partial charge in [-0.1, -0.05) is 0 Å². The number of pyridine rings is 1. The summed E-state index contributed by atoms with van der Waals surface area (Å²) in [7, 11) is 1.88. The predicted octanol–water partition coefficient (Wildman–Crippen LogP) is 2.77. The number of hydrogen-bond acceptors (Lipinski definition) is 3. The van der Waals surface area contributed by atoms with E-state index in [1.165, 1.54) is 6.08 Å². The fraction of sp³-hybridized carbons (Fsp3) is 0.118. The fourth-order valence-electron chi connectivity index (χ4n) is 2.48.